The number of carbonyl (C=O) groups is 1. The van der Waals surface area contributed by atoms with E-state index in [1.165, 1.54) is 6.07 Å². The summed E-state index contributed by atoms with van der Waals surface area (Å²) in [5, 5.41) is 2.56. The minimum Gasteiger partial charge on any atom is -0.398 e. The van der Waals surface area contributed by atoms with E-state index >= 15 is 0 Å². The van der Waals surface area contributed by atoms with E-state index in [1.54, 1.807) is 18.2 Å². The van der Waals surface area contributed by atoms with Crippen LogP contribution in [0, 0.1) is 11.6 Å². The molecule has 2 rings (SSSR count). The SMILES string of the molecule is Nc1ccc(NC(=O)Cc2c(F)cccc2F)cc1Br. The molecule has 3 N–H and O–H groups in total. The smallest absolute Gasteiger partial charge is 0.229 e. The van der Waals surface area contributed by atoms with Crippen LogP contribution in [0.3, 0.4) is 0 Å². The molecule has 0 aliphatic rings. The quantitative estimate of drug-likeness (QED) is 0.840. The number of carbonyl (C=O) groups excluding carboxylic acids is 1. The summed E-state index contributed by atoms with van der Waals surface area (Å²) in [5.41, 5.74) is 6.40. The zero-order valence-corrected chi connectivity index (χ0v) is 11.9. The maximum atomic E-state index is 13.4. The summed E-state index contributed by atoms with van der Waals surface area (Å²) in [5.74, 6) is -1.98. The maximum absolute atomic E-state index is 13.4. The van der Waals surface area contributed by atoms with E-state index in [-0.39, 0.29) is 12.0 Å². The third-order valence-corrected chi connectivity index (χ3v) is 3.37. The first kappa shape index (κ1) is 14.5. The second-order valence-electron chi connectivity index (χ2n) is 4.16. The normalized spacial score (nSPS) is 10.3. The minimum absolute atomic E-state index is 0.250. The molecular weight excluding hydrogens is 330 g/mol. The van der Waals surface area contributed by atoms with Crippen molar-refractivity contribution in [2.24, 2.45) is 0 Å². The van der Waals surface area contributed by atoms with Crippen molar-refractivity contribution < 1.29 is 13.6 Å². The van der Waals surface area contributed by atoms with Crippen LogP contribution in [-0.4, -0.2) is 5.91 Å². The highest BCUT2D eigenvalue weighted by Gasteiger charge is 2.13. The number of hydrogen-bond donors (Lipinski definition) is 2. The Morgan fingerprint density at radius 2 is 1.85 bits per heavy atom. The predicted octanol–water partition coefficient (Wildman–Crippen LogP) is 3.49. The van der Waals surface area contributed by atoms with Gasteiger partial charge in [0.2, 0.25) is 5.91 Å². The molecule has 3 nitrogen and oxygen atoms in total. The van der Waals surface area contributed by atoms with E-state index in [9.17, 15) is 13.6 Å². The number of anilines is 2. The van der Waals surface area contributed by atoms with Gasteiger partial charge in [-0.2, -0.15) is 0 Å². The van der Waals surface area contributed by atoms with Gasteiger partial charge in [-0.3, -0.25) is 4.79 Å². The Morgan fingerprint density at radius 1 is 1.20 bits per heavy atom. The van der Waals surface area contributed by atoms with Crippen LogP contribution in [0.4, 0.5) is 20.2 Å². The summed E-state index contributed by atoms with van der Waals surface area (Å²) in [6, 6.07) is 8.32. The number of nitrogens with two attached hydrogens (primary N) is 1. The summed E-state index contributed by atoms with van der Waals surface area (Å²) < 4.78 is 27.5. The first-order valence-electron chi connectivity index (χ1n) is 5.75. The van der Waals surface area contributed by atoms with Gasteiger partial charge in [-0.05, 0) is 46.3 Å². The Morgan fingerprint density at radius 3 is 2.45 bits per heavy atom. The topological polar surface area (TPSA) is 55.1 Å². The molecule has 20 heavy (non-hydrogen) atoms. The molecule has 0 aromatic heterocycles. The lowest BCUT2D eigenvalue weighted by atomic mass is 10.1. The van der Waals surface area contributed by atoms with Crippen molar-refractivity contribution in [3.63, 3.8) is 0 Å². The fraction of sp³-hybridized carbons (Fsp3) is 0.0714. The van der Waals surface area contributed by atoms with E-state index in [0.29, 0.717) is 15.8 Å². The highest BCUT2D eigenvalue weighted by molar-refractivity contribution is 9.10. The molecule has 0 bridgehead atoms. The van der Waals surface area contributed by atoms with Crippen LogP contribution in [0.15, 0.2) is 40.9 Å². The van der Waals surface area contributed by atoms with Crippen molar-refractivity contribution in [1.82, 2.24) is 0 Å². The van der Waals surface area contributed by atoms with Gasteiger partial charge in [0.15, 0.2) is 0 Å². The van der Waals surface area contributed by atoms with E-state index in [2.05, 4.69) is 21.2 Å². The van der Waals surface area contributed by atoms with Crippen molar-refractivity contribution in [2.45, 2.75) is 6.42 Å². The average Bonchev–Trinajstić information content (AvgIpc) is 2.38. The fourth-order valence-electron chi connectivity index (χ4n) is 1.67. The summed E-state index contributed by atoms with van der Waals surface area (Å²) in [4.78, 5) is 11.8. The molecule has 0 unspecified atom stereocenters. The second-order valence-corrected chi connectivity index (χ2v) is 5.02. The minimum atomic E-state index is -0.737. The van der Waals surface area contributed by atoms with Gasteiger partial charge in [0.25, 0.3) is 0 Å². The Balaban J connectivity index is 2.11. The summed E-state index contributed by atoms with van der Waals surface area (Å²) in [6.45, 7) is 0. The van der Waals surface area contributed by atoms with Crippen LogP contribution in [0.5, 0.6) is 0 Å². The molecular formula is C14H11BrF2N2O. The standard InChI is InChI=1S/C14H11BrF2N2O/c15-10-6-8(4-5-13(10)18)19-14(20)7-9-11(16)2-1-3-12(9)17/h1-6H,7,18H2,(H,19,20). The molecule has 0 aliphatic heterocycles. The molecule has 2 aromatic rings. The van der Waals surface area contributed by atoms with Crippen molar-refractivity contribution in [2.75, 3.05) is 11.1 Å². The molecule has 104 valence electrons. The third-order valence-electron chi connectivity index (χ3n) is 2.68. The lowest BCUT2D eigenvalue weighted by Crippen LogP contribution is -2.16. The molecule has 0 saturated carbocycles. The highest BCUT2D eigenvalue weighted by Crippen LogP contribution is 2.23. The number of rotatable bonds is 3. The van der Waals surface area contributed by atoms with Crippen LogP contribution < -0.4 is 11.1 Å². The van der Waals surface area contributed by atoms with E-state index in [0.717, 1.165) is 12.1 Å². The number of hydrogen-bond acceptors (Lipinski definition) is 2. The summed E-state index contributed by atoms with van der Waals surface area (Å²) >= 11 is 3.23. The lowest BCUT2D eigenvalue weighted by molar-refractivity contribution is -0.115. The molecule has 2 aromatic carbocycles. The van der Waals surface area contributed by atoms with Gasteiger partial charge in [0.05, 0.1) is 6.42 Å². The molecule has 6 heteroatoms. The maximum Gasteiger partial charge on any atom is 0.229 e. The van der Waals surface area contributed by atoms with Gasteiger partial charge < -0.3 is 11.1 Å². The van der Waals surface area contributed by atoms with Gasteiger partial charge in [-0.1, -0.05) is 6.07 Å². The third kappa shape index (κ3) is 3.33. The van der Waals surface area contributed by atoms with Crippen molar-refractivity contribution in [3.05, 3.63) is 58.1 Å². The number of nitrogen functional groups attached to an aromatic ring is 1. The summed E-state index contributed by atoms with van der Waals surface area (Å²) in [6.07, 6.45) is -0.375. The van der Waals surface area contributed by atoms with E-state index in [1.807, 2.05) is 0 Å². The molecule has 0 heterocycles. The van der Waals surface area contributed by atoms with Gasteiger partial charge >= 0.3 is 0 Å². The summed E-state index contributed by atoms with van der Waals surface area (Å²) in [7, 11) is 0. The predicted molar refractivity (Wildman–Crippen MR) is 77.2 cm³/mol. The zero-order chi connectivity index (χ0) is 14.7. The monoisotopic (exact) mass is 340 g/mol. The van der Waals surface area contributed by atoms with E-state index < -0.39 is 17.5 Å². The Bertz CT molecular complexity index is 641. The van der Waals surface area contributed by atoms with Crippen molar-refractivity contribution in [1.29, 1.82) is 0 Å². The first-order valence-corrected chi connectivity index (χ1v) is 6.54. The van der Waals surface area contributed by atoms with Gasteiger partial charge in [0.1, 0.15) is 11.6 Å². The van der Waals surface area contributed by atoms with Crippen LogP contribution in [0.2, 0.25) is 0 Å². The lowest BCUT2D eigenvalue weighted by Gasteiger charge is -2.08. The molecule has 0 spiro atoms. The molecule has 1 amide bonds. The van der Waals surface area contributed by atoms with Crippen molar-refractivity contribution in [3.8, 4) is 0 Å². The van der Waals surface area contributed by atoms with E-state index in [4.69, 9.17) is 5.73 Å². The largest absolute Gasteiger partial charge is 0.398 e. The number of benzene rings is 2. The Labute approximate surface area is 122 Å². The zero-order valence-electron chi connectivity index (χ0n) is 10.3. The molecule has 0 aliphatic carbocycles. The molecule has 0 radical (unpaired) electrons. The average molecular weight is 341 g/mol. The number of halogens is 3. The fourth-order valence-corrected chi connectivity index (χ4v) is 2.05. The number of nitrogens with one attached hydrogen (secondary N) is 1. The second kappa shape index (κ2) is 6.00. The van der Waals surface area contributed by atoms with Crippen LogP contribution in [0.1, 0.15) is 5.56 Å². The highest BCUT2D eigenvalue weighted by atomic mass is 79.9. The number of amides is 1. The van der Waals surface area contributed by atoms with Gasteiger partial charge in [-0.15, -0.1) is 0 Å². The molecule has 0 fully saturated rings. The first-order chi connectivity index (χ1) is 9.47. The van der Waals surface area contributed by atoms with Gasteiger partial charge in [-0.25, -0.2) is 8.78 Å². The Hall–Kier alpha value is -1.95. The van der Waals surface area contributed by atoms with Crippen LogP contribution in [-0.2, 0) is 11.2 Å². The van der Waals surface area contributed by atoms with Gasteiger partial charge in [0, 0.05) is 21.4 Å². The molecule has 0 saturated heterocycles. The van der Waals surface area contributed by atoms with Crippen LogP contribution >= 0.6 is 15.9 Å². The Kier molecular flexibility index (Phi) is 4.34. The van der Waals surface area contributed by atoms with Crippen LogP contribution in [0.25, 0.3) is 0 Å². The molecule has 0 atom stereocenters. The van der Waals surface area contributed by atoms with Crippen molar-refractivity contribution >= 4 is 33.2 Å².